The van der Waals surface area contributed by atoms with Crippen LogP contribution in [0.15, 0.2) is 5.38 Å². The third-order valence-corrected chi connectivity index (χ3v) is 5.40. The number of likely N-dealkylation sites (tertiary alicyclic amines) is 1. The largest absolute Gasteiger partial charge is 0.342 e. The molecular weight excluding hydrogens is 322 g/mol. The summed E-state index contributed by atoms with van der Waals surface area (Å²) in [4.78, 5) is 31.3. The van der Waals surface area contributed by atoms with Crippen LogP contribution in [0.2, 0.25) is 0 Å². The van der Waals surface area contributed by atoms with Crippen molar-refractivity contribution in [3.63, 3.8) is 0 Å². The molecule has 24 heavy (non-hydrogen) atoms. The molecule has 1 aromatic heterocycles. The Bertz CT molecular complexity index is 591. The highest BCUT2D eigenvalue weighted by molar-refractivity contribution is 7.13. The lowest BCUT2D eigenvalue weighted by molar-refractivity contribution is -0.138. The number of piperidine rings is 1. The first-order valence-electron chi connectivity index (χ1n) is 8.78. The Morgan fingerprint density at radius 1 is 1.46 bits per heavy atom. The van der Waals surface area contributed by atoms with Crippen LogP contribution >= 0.6 is 11.3 Å². The molecule has 5 nitrogen and oxygen atoms in total. The summed E-state index contributed by atoms with van der Waals surface area (Å²) in [6, 6.07) is 0. The Labute approximate surface area is 148 Å². The number of carbonyl (C=O) groups is 2. The minimum atomic E-state index is -0.145. The number of rotatable bonds is 4. The highest BCUT2D eigenvalue weighted by Gasteiger charge is 2.30. The van der Waals surface area contributed by atoms with Gasteiger partial charge in [-0.3, -0.25) is 9.59 Å². The molecule has 1 N–H and O–H groups in total. The molecule has 6 heteroatoms. The van der Waals surface area contributed by atoms with E-state index in [1.807, 2.05) is 24.1 Å². The number of anilines is 1. The predicted molar refractivity (Wildman–Crippen MR) is 98.2 cm³/mol. The smallest absolute Gasteiger partial charge is 0.231 e. The minimum absolute atomic E-state index is 0.0218. The molecule has 2 atom stereocenters. The summed E-state index contributed by atoms with van der Waals surface area (Å²) in [5.41, 5.74) is 0.962. The first kappa shape index (κ1) is 18.9. The van der Waals surface area contributed by atoms with Gasteiger partial charge in [0, 0.05) is 29.8 Å². The second-order valence-corrected chi connectivity index (χ2v) is 8.57. The van der Waals surface area contributed by atoms with E-state index in [9.17, 15) is 9.59 Å². The number of amides is 2. The highest BCUT2D eigenvalue weighted by atomic mass is 32.1. The van der Waals surface area contributed by atoms with Gasteiger partial charge in [0.15, 0.2) is 5.13 Å². The van der Waals surface area contributed by atoms with Crippen LogP contribution in [-0.4, -0.2) is 34.8 Å². The van der Waals surface area contributed by atoms with E-state index in [-0.39, 0.29) is 29.1 Å². The van der Waals surface area contributed by atoms with Crippen molar-refractivity contribution in [2.24, 2.45) is 11.8 Å². The normalized spacial score (nSPS) is 19.9. The standard InChI is InChI=1S/C18H29N3O2S/c1-6-12(2)16(23)21-9-7-8-13(10-21)15(22)20-17-19-14(11-24-17)18(3,4)5/h11-13H,6-10H2,1-5H3,(H,19,20,22). The molecule has 1 saturated heterocycles. The van der Waals surface area contributed by atoms with Crippen LogP contribution in [0, 0.1) is 11.8 Å². The lowest BCUT2D eigenvalue weighted by Gasteiger charge is -2.33. The van der Waals surface area contributed by atoms with Crippen molar-refractivity contribution < 1.29 is 9.59 Å². The number of aromatic nitrogens is 1. The van der Waals surface area contributed by atoms with E-state index >= 15 is 0 Å². The van der Waals surface area contributed by atoms with E-state index in [0.717, 1.165) is 31.5 Å². The van der Waals surface area contributed by atoms with Crippen LogP contribution in [0.3, 0.4) is 0 Å². The lowest BCUT2D eigenvalue weighted by atomic mass is 9.93. The van der Waals surface area contributed by atoms with E-state index < -0.39 is 0 Å². The van der Waals surface area contributed by atoms with Crippen LogP contribution in [0.25, 0.3) is 0 Å². The van der Waals surface area contributed by atoms with Crippen LogP contribution in [0.1, 0.15) is 59.6 Å². The van der Waals surface area contributed by atoms with Crippen molar-refractivity contribution in [1.29, 1.82) is 0 Å². The molecule has 0 aliphatic carbocycles. The second kappa shape index (κ2) is 7.64. The number of nitrogens with one attached hydrogen (secondary N) is 1. The lowest BCUT2D eigenvalue weighted by Crippen LogP contribution is -2.45. The zero-order valence-electron chi connectivity index (χ0n) is 15.4. The number of hydrogen-bond donors (Lipinski definition) is 1. The van der Waals surface area contributed by atoms with Gasteiger partial charge < -0.3 is 10.2 Å². The second-order valence-electron chi connectivity index (χ2n) is 7.71. The number of thiazole rings is 1. The Morgan fingerprint density at radius 2 is 2.17 bits per heavy atom. The van der Waals surface area contributed by atoms with E-state index in [1.165, 1.54) is 11.3 Å². The molecule has 2 amide bonds. The summed E-state index contributed by atoms with van der Waals surface area (Å²) in [5.74, 6) is 0.0274. The quantitative estimate of drug-likeness (QED) is 0.900. The fraction of sp³-hybridized carbons (Fsp3) is 0.722. The van der Waals surface area contributed by atoms with Crippen molar-refractivity contribution in [2.75, 3.05) is 18.4 Å². The maximum absolute atomic E-state index is 12.6. The van der Waals surface area contributed by atoms with E-state index in [1.54, 1.807) is 0 Å². The minimum Gasteiger partial charge on any atom is -0.342 e. The van der Waals surface area contributed by atoms with E-state index in [0.29, 0.717) is 11.7 Å². The van der Waals surface area contributed by atoms with E-state index in [4.69, 9.17) is 0 Å². The molecule has 0 saturated carbocycles. The zero-order chi connectivity index (χ0) is 17.9. The van der Waals surface area contributed by atoms with Gasteiger partial charge in [0.25, 0.3) is 0 Å². The molecule has 2 unspecified atom stereocenters. The van der Waals surface area contributed by atoms with Gasteiger partial charge in [0.05, 0.1) is 11.6 Å². The number of nitrogens with zero attached hydrogens (tertiary/aromatic N) is 2. The number of hydrogen-bond acceptors (Lipinski definition) is 4. The predicted octanol–water partition coefficient (Wildman–Crippen LogP) is 3.66. The average molecular weight is 352 g/mol. The van der Waals surface area contributed by atoms with Gasteiger partial charge in [0.1, 0.15) is 0 Å². The zero-order valence-corrected chi connectivity index (χ0v) is 16.2. The summed E-state index contributed by atoms with van der Waals surface area (Å²) in [6.07, 6.45) is 2.54. The third kappa shape index (κ3) is 4.56. The summed E-state index contributed by atoms with van der Waals surface area (Å²) in [6.45, 7) is 11.6. The molecule has 1 fully saturated rings. The molecular formula is C18H29N3O2S. The van der Waals surface area contributed by atoms with Crippen LogP contribution in [0.4, 0.5) is 5.13 Å². The SMILES string of the molecule is CCC(C)C(=O)N1CCCC(C(=O)Nc2nc(C(C)(C)C)cs2)C1. The van der Waals surface area contributed by atoms with Crippen LogP contribution < -0.4 is 5.32 Å². The van der Waals surface area contributed by atoms with Gasteiger partial charge in [-0.2, -0.15) is 0 Å². The maximum atomic E-state index is 12.6. The summed E-state index contributed by atoms with van der Waals surface area (Å²) in [5, 5.41) is 5.58. The van der Waals surface area contributed by atoms with Crippen molar-refractivity contribution >= 4 is 28.3 Å². The van der Waals surface area contributed by atoms with Crippen LogP contribution in [0.5, 0.6) is 0 Å². The summed E-state index contributed by atoms with van der Waals surface area (Å²) < 4.78 is 0. The van der Waals surface area contributed by atoms with E-state index in [2.05, 4.69) is 31.1 Å². The topological polar surface area (TPSA) is 62.3 Å². The molecule has 0 radical (unpaired) electrons. The molecule has 0 aromatic carbocycles. The molecule has 134 valence electrons. The first-order chi connectivity index (χ1) is 11.2. The monoisotopic (exact) mass is 351 g/mol. The van der Waals surface area contributed by atoms with Gasteiger partial charge in [0.2, 0.25) is 11.8 Å². The van der Waals surface area contributed by atoms with Crippen molar-refractivity contribution in [3.8, 4) is 0 Å². The van der Waals surface area contributed by atoms with Gasteiger partial charge >= 0.3 is 0 Å². The van der Waals surface area contributed by atoms with Crippen molar-refractivity contribution in [3.05, 3.63) is 11.1 Å². The maximum Gasteiger partial charge on any atom is 0.231 e. The molecule has 1 aliphatic heterocycles. The Hall–Kier alpha value is -1.43. The molecule has 1 aromatic rings. The Morgan fingerprint density at radius 3 is 2.75 bits per heavy atom. The Balaban J connectivity index is 1.97. The van der Waals surface area contributed by atoms with Gasteiger partial charge in [-0.1, -0.05) is 34.6 Å². The van der Waals surface area contributed by atoms with Gasteiger partial charge in [-0.15, -0.1) is 11.3 Å². The fourth-order valence-corrected chi connectivity index (χ4v) is 3.70. The van der Waals surface area contributed by atoms with Gasteiger partial charge in [-0.05, 0) is 19.3 Å². The van der Waals surface area contributed by atoms with Crippen molar-refractivity contribution in [2.45, 2.75) is 59.3 Å². The van der Waals surface area contributed by atoms with Gasteiger partial charge in [-0.25, -0.2) is 4.98 Å². The molecule has 0 spiro atoms. The third-order valence-electron chi connectivity index (χ3n) is 4.64. The number of carbonyl (C=O) groups excluding carboxylic acids is 2. The molecule has 0 bridgehead atoms. The fourth-order valence-electron chi connectivity index (χ4n) is 2.76. The molecule has 2 rings (SSSR count). The highest BCUT2D eigenvalue weighted by Crippen LogP contribution is 2.27. The molecule has 1 aliphatic rings. The molecule has 2 heterocycles. The average Bonchev–Trinajstić information content (AvgIpc) is 3.02. The van der Waals surface area contributed by atoms with Crippen molar-refractivity contribution in [1.82, 2.24) is 9.88 Å². The van der Waals surface area contributed by atoms with Crippen LogP contribution in [-0.2, 0) is 15.0 Å². The Kier molecular flexibility index (Phi) is 6.01. The summed E-state index contributed by atoms with van der Waals surface area (Å²) in [7, 11) is 0. The first-order valence-corrected chi connectivity index (χ1v) is 9.66. The summed E-state index contributed by atoms with van der Waals surface area (Å²) >= 11 is 1.46.